The standard InChI is InChI=1S/C19H27N3O2/c23-18(14-15-6-2-1-3-7-15)20-11-12-21-19(24)22-13-10-16-8-4-5-9-17(16)22/h4-5,8-9,15H,1-3,6-7,10-14H2,(H,20,23)(H,21,24). The molecule has 130 valence electrons. The monoisotopic (exact) mass is 329 g/mol. The Bertz CT molecular complexity index is 582. The van der Waals surface area contributed by atoms with E-state index in [2.05, 4.69) is 16.7 Å². The molecular weight excluding hydrogens is 302 g/mol. The number of hydrogen-bond acceptors (Lipinski definition) is 2. The third-order valence-corrected chi connectivity index (χ3v) is 5.05. The van der Waals surface area contributed by atoms with Gasteiger partial charge in [0.15, 0.2) is 0 Å². The minimum Gasteiger partial charge on any atom is -0.354 e. The molecule has 1 aromatic rings. The average Bonchev–Trinajstić information content (AvgIpc) is 3.03. The molecule has 1 heterocycles. The largest absolute Gasteiger partial charge is 0.354 e. The molecule has 0 aromatic heterocycles. The van der Waals surface area contributed by atoms with Gasteiger partial charge in [0, 0.05) is 31.7 Å². The number of para-hydroxylation sites is 1. The Balaban J connectivity index is 1.35. The molecule has 1 aromatic carbocycles. The van der Waals surface area contributed by atoms with Crippen molar-refractivity contribution in [3.63, 3.8) is 0 Å². The zero-order chi connectivity index (χ0) is 16.8. The van der Waals surface area contributed by atoms with Crippen LogP contribution in [0.25, 0.3) is 0 Å². The topological polar surface area (TPSA) is 61.4 Å². The average molecular weight is 329 g/mol. The Labute approximate surface area is 143 Å². The molecule has 1 aliphatic heterocycles. The second kappa shape index (κ2) is 8.18. The number of carbonyl (C=O) groups is 2. The number of anilines is 1. The molecule has 2 N–H and O–H groups in total. The Morgan fingerprint density at radius 2 is 1.79 bits per heavy atom. The predicted molar refractivity (Wildman–Crippen MR) is 95.1 cm³/mol. The van der Waals surface area contributed by atoms with E-state index in [-0.39, 0.29) is 11.9 Å². The fourth-order valence-electron chi connectivity index (χ4n) is 3.74. The molecule has 1 aliphatic carbocycles. The van der Waals surface area contributed by atoms with Crippen LogP contribution < -0.4 is 15.5 Å². The zero-order valence-corrected chi connectivity index (χ0v) is 14.2. The predicted octanol–water partition coefficient (Wildman–Crippen LogP) is 2.85. The van der Waals surface area contributed by atoms with Crippen LogP contribution in [0.1, 0.15) is 44.1 Å². The number of fused-ring (bicyclic) bond motifs is 1. The number of urea groups is 1. The molecular formula is C19H27N3O2. The zero-order valence-electron chi connectivity index (χ0n) is 14.2. The molecule has 1 saturated carbocycles. The van der Waals surface area contributed by atoms with Crippen molar-refractivity contribution in [2.75, 3.05) is 24.5 Å². The molecule has 3 rings (SSSR count). The van der Waals surface area contributed by atoms with Crippen molar-refractivity contribution in [2.24, 2.45) is 5.92 Å². The van der Waals surface area contributed by atoms with Crippen LogP contribution in [0.5, 0.6) is 0 Å². The Morgan fingerprint density at radius 3 is 2.62 bits per heavy atom. The van der Waals surface area contributed by atoms with E-state index < -0.39 is 0 Å². The summed E-state index contributed by atoms with van der Waals surface area (Å²) >= 11 is 0. The lowest BCUT2D eigenvalue weighted by Crippen LogP contribution is -2.42. The number of amides is 3. The van der Waals surface area contributed by atoms with E-state index in [1.807, 2.05) is 18.2 Å². The van der Waals surface area contributed by atoms with Gasteiger partial charge in [-0.1, -0.05) is 37.5 Å². The van der Waals surface area contributed by atoms with Crippen molar-refractivity contribution in [1.29, 1.82) is 0 Å². The van der Waals surface area contributed by atoms with Crippen molar-refractivity contribution in [3.05, 3.63) is 29.8 Å². The minimum atomic E-state index is -0.0820. The van der Waals surface area contributed by atoms with Crippen LogP contribution in [0, 0.1) is 5.92 Å². The molecule has 0 atom stereocenters. The number of benzene rings is 1. The summed E-state index contributed by atoms with van der Waals surface area (Å²) in [6.45, 7) is 1.68. The summed E-state index contributed by atoms with van der Waals surface area (Å²) < 4.78 is 0. The van der Waals surface area contributed by atoms with E-state index in [0.29, 0.717) is 25.4 Å². The molecule has 3 amide bonds. The van der Waals surface area contributed by atoms with Crippen molar-refractivity contribution < 1.29 is 9.59 Å². The number of nitrogens with one attached hydrogen (secondary N) is 2. The SMILES string of the molecule is O=C(CC1CCCCC1)NCCNC(=O)N1CCc2ccccc21. The van der Waals surface area contributed by atoms with E-state index in [9.17, 15) is 9.59 Å². The lowest BCUT2D eigenvalue weighted by molar-refractivity contribution is -0.122. The van der Waals surface area contributed by atoms with Gasteiger partial charge >= 0.3 is 6.03 Å². The van der Waals surface area contributed by atoms with Gasteiger partial charge in [0.1, 0.15) is 0 Å². The quantitative estimate of drug-likeness (QED) is 0.816. The van der Waals surface area contributed by atoms with Gasteiger partial charge in [0.05, 0.1) is 0 Å². The van der Waals surface area contributed by atoms with Crippen molar-refractivity contribution >= 4 is 17.6 Å². The number of rotatable bonds is 5. The van der Waals surface area contributed by atoms with Gasteiger partial charge in [-0.05, 0) is 36.8 Å². The molecule has 1 fully saturated rings. The lowest BCUT2D eigenvalue weighted by atomic mass is 9.87. The summed E-state index contributed by atoms with van der Waals surface area (Å²) in [6, 6.07) is 7.92. The van der Waals surface area contributed by atoms with Gasteiger partial charge in [0.2, 0.25) is 5.91 Å². The first-order valence-corrected chi connectivity index (χ1v) is 9.14. The first-order valence-electron chi connectivity index (χ1n) is 9.14. The van der Waals surface area contributed by atoms with Crippen LogP contribution >= 0.6 is 0 Å². The van der Waals surface area contributed by atoms with E-state index >= 15 is 0 Å². The van der Waals surface area contributed by atoms with Crippen LogP contribution in [0.2, 0.25) is 0 Å². The first-order chi connectivity index (χ1) is 11.7. The van der Waals surface area contributed by atoms with Crippen molar-refractivity contribution in [3.8, 4) is 0 Å². The van der Waals surface area contributed by atoms with Gasteiger partial charge < -0.3 is 10.6 Å². The Morgan fingerprint density at radius 1 is 1.04 bits per heavy atom. The highest BCUT2D eigenvalue weighted by atomic mass is 16.2. The summed E-state index contributed by atoms with van der Waals surface area (Å²) in [4.78, 5) is 26.0. The van der Waals surface area contributed by atoms with E-state index in [4.69, 9.17) is 0 Å². The summed E-state index contributed by atoms with van der Waals surface area (Å²) in [6.07, 6.45) is 7.71. The summed E-state index contributed by atoms with van der Waals surface area (Å²) in [5.74, 6) is 0.664. The number of hydrogen-bond donors (Lipinski definition) is 2. The molecule has 5 nitrogen and oxygen atoms in total. The highest BCUT2D eigenvalue weighted by Gasteiger charge is 2.23. The molecule has 0 unspecified atom stereocenters. The van der Waals surface area contributed by atoms with Gasteiger partial charge in [-0.3, -0.25) is 9.69 Å². The maximum absolute atomic E-state index is 12.3. The molecule has 0 saturated heterocycles. The molecule has 0 radical (unpaired) electrons. The van der Waals surface area contributed by atoms with Gasteiger partial charge in [0.25, 0.3) is 0 Å². The molecule has 0 spiro atoms. The fraction of sp³-hybridized carbons (Fsp3) is 0.579. The highest BCUT2D eigenvalue weighted by Crippen LogP contribution is 2.27. The van der Waals surface area contributed by atoms with Gasteiger partial charge in [-0.15, -0.1) is 0 Å². The molecule has 5 heteroatoms. The normalized spacial score (nSPS) is 17.4. The van der Waals surface area contributed by atoms with Crippen molar-refractivity contribution in [1.82, 2.24) is 10.6 Å². The van der Waals surface area contributed by atoms with Crippen LogP contribution in [-0.4, -0.2) is 31.6 Å². The van der Waals surface area contributed by atoms with Crippen LogP contribution in [-0.2, 0) is 11.2 Å². The number of carbonyl (C=O) groups excluding carboxylic acids is 2. The molecule has 0 bridgehead atoms. The summed E-state index contributed by atoms with van der Waals surface area (Å²) in [5, 5.41) is 5.82. The Kier molecular flexibility index (Phi) is 5.72. The summed E-state index contributed by atoms with van der Waals surface area (Å²) in [5.41, 5.74) is 2.21. The van der Waals surface area contributed by atoms with Crippen LogP contribution in [0.15, 0.2) is 24.3 Å². The second-order valence-electron chi connectivity index (χ2n) is 6.82. The lowest BCUT2D eigenvalue weighted by Gasteiger charge is -2.21. The minimum absolute atomic E-state index is 0.0820. The third kappa shape index (κ3) is 4.28. The van der Waals surface area contributed by atoms with Crippen LogP contribution in [0.4, 0.5) is 10.5 Å². The highest BCUT2D eigenvalue weighted by molar-refractivity contribution is 5.94. The number of nitrogens with zero attached hydrogens (tertiary/aromatic N) is 1. The van der Waals surface area contributed by atoms with Gasteiger partial charge in [-0.2, -0.15) is 0 Å². The maximum atomic E-state index is 12.3. The summed E-state index contributed by atoms with van der Waals surface area (Å²) in [7, 11) is 0. The van der Waals surface area contributed by atoms with Crippen LogP contribution in [0.3, 0.4) is 0 Å². The third-order valence-electron chi connectivity index (χ3n) is 5.05. The smallest absolute Gasteiger partial charge is 0.321 e. The Hall–Kier alpha value is -2.04. The van der Waals surface area contributed by atoms with E-state index in [0.717, 1.165) is 18.7 Å². The van der Waals surface area contributed by atoms with Crippen molar-refractivity contribution in [2.45, 2.75) is 44.9 Å². The van der Waals surface area contributed by atoms with E-state index in [1.165, 1.54) is 37.7 Å². The maximum Gasteiger partial charge on any atom is 0.321 e. The fourth-order valence-corrected chi connectivity index (χ4v) is 3.74. The second-order valence-corrected chi connectivity index (χ2v) is 6.82. The molecule has 2 aliphatic rings. The molecule has 24 heavy (non-hydrogen) atoms. The van der Waals surface area contributed by atoms with Gasteiger partial charge in [-0.25, -0.2) is 4.79 Å². The van der Waals surface area contributed by atoms with E-state index in [1.54, 1.807) is 4.90 Å². The first kappa shape index (κ1) is 16.8.